The van der Waals surface area contributed by atoms with Gasteiger partial charge in [0.2, 0.25) is 10.0 Å². The van der Waals surface area contributed by atoms with Crippen LogP contribution in [0.5, 0.6) is 0 Å². The zero-order valence-corrected chi connectivity index (χ0v) is 13.0. The summed E-state index contributed by atoms with van der Waals surface area (Å²) in [6.45, 7) is 3.85. The molecule has 3 heterocycles. The van der Waals surface area contributed by atoms with Gasteiger partial charge in [-0.2, -0.15) is 0 Å². The molecule has 0 saturated carbocycles. The van der Waals surface area contributed by atoms with Crippen LogP contribution in [0.15, 0.2) is 27.9 Å². The van der Waals surface area contributed by atoms with Gasteiger partial charge in [0, 0.05) is 24.8 Å². The van der Waals surface area contributed by atoms with Gasteiger partial charge in [-0.15, -0.1) is 0 Å². The van der Waals surface area contributed by atoms with Crippen LogP contribution in [0.4, 0.5) is 5.82 Å². The van der Waals surface area contributed by atoms with E-state index in [1.807, 2.05) is 13.0 Å². The van der Waals surface area contributed by atoms with Gasteiger partial charge in [0.15, 0.2) is 0 Å². The summed E-state index contributed by atoms with van der Waals surface area (Å²) in [5, 5.41) is 3.39. The van der Waals surface area contributed by atoms with Crippen LogP contribution in [0.25, 0.3) is 0 Å². The summed E-state index contributed by atoms with van der Waals surface area (Å²) in [7, 11) is -3.66. The molecular formula is C13H17N5O3S. The highest BCUT2D eigenvalue weighted by Gasteiger charge is 2.18. The molecule has 1 N–H and O–H groups in total. The van der Waals surface area contributed by atoms with E-state index in [9.17, 15) is 8.42 Å². The molecule has 9 heteroatoms. The number of hydrogen-bond donors (Lipinski definition) is 1. The highest BCUT2D eigenvalue weighted by atomic mass is 32.2. The Kier molecular flexibility index (Phi) is 4.08. The van der Waals surface area contributed by atoms with Crippen molar-refractivity contribution in [3.05, 3.63) is 30.0 Å². The predicted octanol–water partition coefficient (Wildman–Crippen LogP) is 0.852. The Balaban J connectivity index is 1.75. The van der Waals surface area contributed by atoms with Crippen LogP contribution in [-0.4, -0.2) is 36.6 Å². The highest BCUT2D eigenvalue weighted by Crippen LogP contribution is 2.18. The second kappa shape index (κ2) is 6.01. The van der Waals surface area contributed by atoms with Crippen molar-refractivity contribution in [2.24, 2.45) is 0 Å². The minimum atomic E-state index is -3.66. The maximum atomic E-state index is 12.0. The molecule has 0 unspecified atom stereocenters. The average molecular weight is 323 g/mol. The molecule has 1 aliphatic rings. The van der Waals surface area contributed by atoms with Crippen LogP contribution in [0, 0.1) is 6.92 Å². The molecule has 0 aliphatic carbocycles. The number of sulfonamides is 1. The lowest BCUT2D eigenvalue weighted by molar-refractivity contribution is 0.417. The van der Waals surface area contributed by atoms with Crippen LogP contribution < -0.4 is 9.62 Å². The third-order valence-electron chi connectivity index (χ3n) is 3.46. The van der Waals surface area contributed by atoms with E-state index in [-0.39, 0.29) is 11.4 Å². The summed E-state index contributed by atoms with van der Waals surface area (Å²) in [6.07, 6.45) is 4.53. The Labute approximate surface area is 128 Å². The standard InChI is InChI=1S/C13H17N5O3S/c1-10-6-13(18-4-2-3-5-18)17-12(16-10)8-15-22(19,20)11-7-14-21-9-11/h6-7,9,15H,2-5,8H2,1H3. The fraction of sp³-hybridized carbons (Fsp3) is 0.462. The number of aryl methyl sites for hydroxylation is 1. The first-order valence-electron chi connectivity index (χ1n) is 7.03. The topological polar surface area (TPSA) is 101 Å². The minimum Gasteiger partial charge on any atom is -0.363 e. The van der Waals surface area contributed by atoms with Gasteiger partial charge in [-0.1, -0.05) is 5.16 Å². The molecule has 2 aromatic heterocycles. The maximum absolute atomic E-state index is 12.0. The Morgan fingerprint density at radius 2 is 2.09 bits per heavy atom. The van der Waals surface area contributed by atoms with Crippen molar-refractivity contribution in [2.75, 3.05) is 18.0 Å². The first-order valence-corrected chi connectivity index (χ1v) is 8.51. The van der Waals surface area contributed by atoms with Crippen molar-refractivity contribution in [1.82, 2.24) is 19.8 Å². The molecule has 22 heavy (non-hydrogen) atoms. The number of aromatic nitrogens is 3. The Morgan fingerprint density at radius 3 is 2.77 bits per heavy atom. The molecule has 1 aliphatic heterocycles. The fourth-order valence-corrected chi connectivity index (χ4v) is 3.21. The number of hydrogen-bond acceptors (Lipinski definition) is 7. The fourth-order valence-electron chi connectivity index (χ4n) is 2.37. The second-order valence-electron chi connectivity index (χ2n) is 5.16. The van der Waals surface area contributed by atoms with Gasteiger partial charge < -0.3 is 9.42 Å². The third kappa shape index (κ3) is 3.25. The van der Waals surface area contributed by atoms with Crippen LogP contribution in [0.3, 0.4) is 0 Å². The summed E-state index contributed by atoms with van der Waals surface area (Å²) >= 11 is 0. The van der Waals surface area contributed by atoms with E-state index in [1.165, 1.54) is 0 Å². The Morgan fingerprint density at radius 1 is 1.32 bits per heavy atom. The maximum Gasteiger partial charge on any atom is 0.245 e. The third-order valence-corrected chi connectivity index (χ3v) is 4.80. The van der Waals surface area contributed by atoms with Gasteiger partial charge in [0.05, 0.1) is 12.7 Å². The molecule has 118 valence electrons. The van der Waals surface area contributed by atoms with Crippen LogP contribution in [0.2, 0.25) is 0 Å². The van der Waals surface area contributed by atoms with Crippen molar-refractivity contribution in [3.8, 4) is 0 Å². The van der Waals surface area contributed by atoms with Gasteiger partial charge >= 0.3 is 0 Å². The summed E-state index contributed by atoms with van der Waals surface area (Å²) < 4.78 is 31.0. The van der Waals surface area contributed by atoms with Crippen molar-refractivity contribution < 1.29 is 12.9 Å². The normalized spacial score (nSPS) is 15.4. The average Bonchev–Trinajstić information content (AvgIpc) is 3.17. The molecule has 1 saturated heterocycles. The Hall–Kier alpha value is -2.00. The molecule has 0 aromatic carbocycles. The summed E-state index contributed by atoms with van der Waals surface area (Å²) in [6, 6.07) is 1.92. The lowest BCUT2D eigenvalue weighted by Crippen LogP contribution is -2.25. The molecule has 0 bridgehead atoms. The minimum absolute atomic E-state index is 0.0140. The number of nitrogens with zero attached hydrogens (tertiary/aromatic N) is 4. The quantitative estimate of drug-likeness (QED) is 0.870. The molecular weight excluding hydrogens is 306 g/mol. The molecule has 0 radical (unpaired) electrons. The van der Waals surface area contributed by atoms with Crippen molar-refractivity contribution in [3.63, 3.8) is 0 Å². The van der Waals surface area contributed by atoms with E-state index >= 15 is 0 Å². The van der Waals surface area contributed by atoms with E-state index in [1.54, 1.807) is 0 Å². The monoisotopic (exact) mass is 323 g/mol. The molecule has 2 aromatic rings. The lowest BCUT2D eigenvalue weighted by atomic mass is 10.4. The van der Waals surface area contributed by atoms with Crippen LogP contribution in [-0.2, 0) is 16.6 Å². The number of nitrogens with one attached hydrogen (secondary N) is 1. The molecule has 1 fully saturated rings. The van der Waals surface area contributed by atoms with E-state index in [4.69, 9.17) is 0 Å². The van der Waals surface area contributed by atoms with E-state index in [0.29, 0.717) is 5.82 Å². The summed E-state index contributed by atoms with van der Waals surface area (Å²) in [5.41, 5.74) is 0.816. The number of anilines is 1. The molecule has 3 rings (SSSR count). The SMILES string of the molecule is Cc1cc(N2CCCC2)nc(CNS(=O)(=O)c2cnoc2)n1. The summed E-state index contributed by atoms with van der Waals surface area (Å²) in [5.74, 6) is 1.30. The highest BCUT2D eigenvalue weighted by molar-refractivity contribution is 7.89. The zero-order valence-electron chi connectivity index (χ0n) is 12.2. The zero-order chi connectivity index (χ0) is 15.6. The Bertz CT molecular complexity index is 739. The molecule has 0 spiro atoms. The molecule has 0 atom stereocenters. The van der Waals surface area contributed by atoms with Gasteiger partial charge in [-0.25, -0.2) is 23.1 Å². The van der Waals surface area contributed by atoms with Gasteiger partial charge in [0.25, 0.3) is 0 Å². The summed E-state index contributed by atoms with van der Waals surface area (Å²) in [4.78, 5) is 10.9. The smallest absolute Gasteiger partial charge is 0.245 e. The first kappa shape index (κ1) is 14.9. The van der Waals surface area contributed by atoms with Crippen molar-refractivity contribution in [1.29, 1.82) is 0 Å². The number of rotatable bonds is 5. The van der Waals surface area contributed by atoms with E-state index < -0.39 is 10.0 Å². The van der Waals surface area contributed by atoms with E-state index in [0.717, 1.165) is 49.9 Å². The largest absolute Gasteiger partial charge is 0.363 e. The predicted molar refractivity (Wildman–Crippen MR) is 78.7 cm³/mol. The van der Waals surface area contributed by atoms with Crippen molar-refractivity contribution in [2.45, 2.75) is 31.2 Å². The van der Waals surface area contributed by atoms with Gasteiger partial charge in [-0.05, 0) is 19.8 Å². The van der Waals surface area contributed by atoms with Gasteiger partial charge in [0.1, 0.15) is 22.8 Å². The van der Waals surface area contributed by atoms with Crippen LogP contribution >= 0.6 is 0 Å². The lowest BCUT2D eigenvalue weighted by Gasteiger charge is -2.17. The molecule has 0 amide bonds. The van der Waals surface area contributed by atoms with E-state index in [2.05, 4.69) is 29.3 Å². The van der Waals surface area contributed by atoms with Crippen LogP contribution in [0.1, 0.15) is 24.4 Å². The first-order chi connectivity index (χ1) is 10.5. The van der Waals surface area contributed by atoms with Gasteiger partial charge in [-0.3, -0.25) is 0 Å². The van der Waals surface area contributed by atoms with Crippen molar-refractivity contribution >= 4 is 15.8 Å². The second-order valence-corrected chi connectivity index (χ2v) is 6.93. The molecule has 8 nitrogen and oxygen atoms in total.